The van der Waals surface area contributed by atoms with E-state index < -0.39 is 12.5 Å². The zero-order chi connectivity index (χ0) is 9.78. The van der Waals surface area contributed by atoms with Gasteiger partial charge in [-0.2, -0.15) is 0 Å². The second kappa shape index (κ2) is 4.75. The highest BCUT2D eigenvalue weighted by Crippen LogP contribution is 2.17. The molecule has 1 N–H and O–H groups in total. The van der Waals surface area contributed by atoms with Gasteiger partial charge >= 0.3 is 0 Å². The number of rotatable bonds is 4. The Morgan fingerprint density at radius 2 is 1.75 bits per heavy atom. The van der Waals surface area contributed by atoms with E-state index in [1.165, 1.54) is 6.92 Å². The summed E-state index contributed by atoms with van der Waals surface area (Å²) in [7, 11) is 0. The molecule has 74 valence electrons. The third-order valence-corrected chi connectivity index (χ3v) is 1.72. The van der Waals surface area contributed by atoms with Crippen molar-refractivity contribution in [3.8, 4) is 0 Å². The minimum atomic E-state index is -2.26. The Morgan fingerprint density at radius 3 is 2.08 bits per heavy atom. The summed E-state index contributed by atoms with van der Waals surface area (Å²) in [5.41, 5.74) is 0.217. The molecule has 0 aliphatic carbocycles. The van der Waals surface area contributed by atoms with Gasteiger partial charge in [0.2, 0.25) is 0 Å². The molecule has 0 aromatic carbocycles. The van der Waals surface area contributed by atoms with Gasteiger partial charge in [0.25, 0.3) is 6.43 Å². The van der Waals surface area contributed by atoms with Crippen molar-refractivity contribution in [1.82, 2.24) is 5.32 Å². The number of nitrogens with one attached hydrogen (secondary N) is 1. The van der Waals surface area contributed by atoms with E-state index in [0.29, 0.717) is 6.54 Å². The van der Waals surface area contributed by atoms with Crippen molar-refractivity contribution in [1.29, 1.82) is 0 Å². The summed E-state index contributed by atoms with van der Waals surface area (Å²) in [6.07, 6.45) is -1.34. The third kappa shape index (κ3) is 6.53. The molecule has 0 spiro atoms. The van der Waals surface area contributed by atoms with Gasteiger partial charge in [-0.1, -0.05) is 20.8 Å². The lowest BCUT2D eigenvalue weighted by molar-refractivity contribution is 0.104. The number of alkyl halides is 2. The first-order valence-corrected chi connectivity index (χ1v) is 4.34. The summed E-state index contributed by atoms with van der Waals surface area (Å²) in [5.74, 6) is 0. The molecule has 3 heteroatoms. The van der Waals surface area contributed by atoms with E-state index in [1.54, 1.807) is 0 Å². The zero-order valence-corrected chi connectivity index (χ0v) is 8.32. The smallest absolute Gasteiger partial charge is 0.253 e. The van der Waals surface area contributed by atoms with Crippen molar-refractivity contribution in [2.75, 3.05) is 6.54 Å². The van der Waals surface area contributed by atoms with Gasteiger partial charge in [-0.05, 0) is 25.3 Å². The molecule has 0 aliphatic rings. The van der Waals surface area contributed by atoms with Crippen molar-refractivity contribution < 1.29 is 8.78 Å². The molecular formula is C9H19F2N. The Kier molecular flexibility index (Phi) is 4.68. The van der Waals surface area contributed by atoms with Crippen molar-refractivity contribution in [3.63, 3.8) is 0 Å². The van der Waals surface area contributed by atoms with Gasteiger partial charge in [0.15, 0.2) is 0 Å². The van der Waals surface area contributed by atoms with Crippen LogP contribution in [0.3, 0.4) is 0 Å². The average molecular weight is 179 g/mol. The fourth-order valence-electron chi connectivity index (χ4n) is 0.764. The monoisotopic (exact) mass is 179 g/mol. The Morgan fingerprint density at radius 1 is 1.25 bits per heavy atom. The van der Waals surface area contributed by atoms with E-state index in [1.807, 2.05) is 0 Å². The van der Waals surface area contributed by atoms with Crippen LogP contribution in [0.15, 0.2) is 0 Å². The van der Waals surface area contributed by atoms with Crippen LogP contribution in [-0.2, 0) is 0 Å². The van der Waals surface area contributed by atoms with Crippen LogP contribution in [0.1, 0.15) is 34.1 Å². The van der Waals surface area contributed by atoms with Crippen molar-refractivity contribution in [2.24, 2.45) is 5.41 Å². The Balaban J connectivity index is 3.44. The van der Waals surface area contributed by atoms with Crippen LogP contribution >= 0.6 is 0 Å². The predicted octanol–water partition coefficient (Wildman–Crippen LogP) is 2.67. The van der Waals surface area contributed by atoms with Crippen LogP contribution in [0, 0.1) is 5.41 Å². The molecule has 0 amide bonds. The van der Waals surface area contributed by atoms with E-state index >= 15 is 0 Å². The lowest BCUT2D eigenvalue weighted by Gasteiger charge is -2.20. The Hall–Kier alpha value is -0.180. The summed E-state index contributed by atoms with van der Waals surface area (Å²) in [5, 5.41) is 2.79. The van der Waals surface area contributed by atoms with Gasteiger partial charge in [0.1, 0.15) is 0 Å². The zero-order valence-electron chi connectivity index (χ0n) is 8.32. The molecule has 0 heterocycles. The minimum absolute atomic E-state index is 0.217. The SMILES string of the molecule is CC(NCCC(C)(C)C)C(F)F. The molecule has 1 nitrogen and oxygen atoms in total. The number of halogens is 2. The fraction of sp³-hybridized carbons (Fsp3) is 1.00. The van der Waals surface area contributed by atoms with Gasteiger partial charge < -0.3 is 5.32 Å². The summed E-state index contributed by atoms with van der Waals surface area (Å²) in [6, 6.07) is -0.688. The first kappa shape index (κ1) is 11.8. The van der Waals surface area contributed by atoms with Gasteiger partial charge in [0, 0.05) is 0 Å². The Bertz CT molecular complexity index is 118. The molecule has 0 aromatic rings. The van der Waals surface area contributed by atoms with E-state index in [4.69, 9.17) is 0 Å². The maximum atomic E-state index is 12.0. The van der Waals surface area contributed by atoms with E-state index in [-0.39, 0.29) is 5.41 Å². The third-order valence-electron chi connectivity index (χ3n) is 1.72. The van der Waals surface area contributed by atoms with Gasteiger partial charge in [-0.3, -0.25) is 0 Å². The van der Waals surface area contributed by atoms with Crippen molar-refractivity contribution >= 4 is 0 Å². The molecule has 0 bridgehead atoms. The molecule has 0 aliphatic heterocycles. The second-order valence-electron chi connectivity index (χ2n) is 4.39. The highest BCUT2D eigenvalue weighted by molar-refractivity contribution is 4.67. The fourth-order valence-corrected chi connectivity index (χ4v) is 0.764. The average Bonchev–Trinajstić information content (AvgIpc) is 1.84. The largest absolute Gasteiger partial charge is 0.309 e. The molecule has 0 saturated heterocycles. The molecule has 0 saturated carbocycles. The second-order valence-corrected chi connectivity index (χ2v) is 4.39. The van der Waals surface area contributed by atoms with Crippen LogP contribution in [0.25, 0.3) is 0 Å². The molecule has 0 aromatic heterocycles. The summed E-state index contributed by atoms with van der Waals surface area (Å²) in [6.45, 7) is 8.47. The highest BCUT2D eigenvalue weighted by atomic mass is 19.3. The lowest BCUT2D eigenvalue weighted by atomic mass is 9.92. The topological polar surface area (TPSA) is 12.0 Å². The summed E-state index contributed by atoms with van der Waals surface area (Å²) in [4.78, 5) is 0. The molecular weight excluding hydrogens is 160 g/mol. The van der Waals surface area contributed by atoms with Crippen LogP contribution in [0.4, 0.5) is 8.78 Å². The van der Waals surface area contributed by atoms with Gasteiger partial charge in [0.05, 0.1) is 6.04 Å². The minimum Gasteiger partial charge on any atom is -0.309 e. The summed E-state index contributed by atoms with van der Waals surface area (Å²) < 4.78 is 24.0. The molecule has 1 unspecified atom stereocenters. The van der Waals surface area contributed by atoms with E-state index in [2.05, 4.69) is 26.1 Å². The number of hydrogen-bond acceptors (Lipinski definition) is 1. The first-order valence-electron chi connectivity index (χ1n) is 4.34. The first-order chi connectivity index (χ1) is 5.33. The Labute approximate surface area is 73.5 Å². The number of hydrogen-bond donors (Lipinski definition) is 1. The lowest BCUT2D eigenvalue weighted by Crippen LogP contribution is -2.34. The van der Waals surface area contributed by atoms with Crippen molar-refractivity contribution in [3.05, 3.63) is 0 Å². The standard InChI is InChI=1S/C9H19F2N/c1-7(8(10)11)12-6-5-9(2,3)4/h7-8,12H,5-6H2,1-4H3. The van der Waals surface area contributed by atoms with Gasteiger partial charge in [-0.25, -0.2) is 8.78 Å². The maximum Gasteiger partial charge on any atom is 0.253 e. The van der Waals surface area contributed by atoms with Crippen molar-refractivity contribution in [2.45, 2.75) is 46.6 Å². The van der Waals surface area contributed by atoms with E-state index in [9.17, 15) is 8.78 Å². The predicted molar refractivity (Wildman–Crippen MR) is 47.5 cm³/mol. The quantitative estimate of drug-likeness (QED) is 0.699. The molecule has 0 radical (unpaired) electrons. The van der Waals surface area contributed by atoms with E-state index in [0.717, 1.165) is 6.42 Å². The normalized spacial score (nSPS) is 15.2. The van der Waals surface area contributed by atoms with Crippen LogP contribution in [0.5, 0.6) is 0 Å². The molecule has 0 fully saturated rings. The van der Waals surface area contributed by atoms with Gasteiger partial charge in [-0.15, -0.1) is 0 Å². The molecule has 0 rings (SSSR count). The van der Waals surface area contributed by atoms with Crippen LogP contribution < -0.4 is 5.32 Å². The summed E-state index contributed by atoms with van der Waals surface area (Å²) >= 11 is 0. The van der Waals surface area contributed by atoms with Crippen LogP contribution in [-0.4, -0.2) is 19.0 Å². The molecule has 1 atom stereocenters. The highest BCUT2D eigenvalue weighted by Gasteiger charge is 2.15. The maximum absolute atomic E-state index is 12.0. The molecule has 12 heavy (non-hydrogen) atoms. The van der Waals surface area contributed by atoms with Crippen LogP contribution in [0.2, 0.25) is 0 Å².